The van der Waals surface area contributed by atoms with Gasteiger partial charge >= 0.3 is 0 Å². The van der Waals surface area contributed by atoms with Crippen LogP contribution in [0.3, 0.4) is 0 Å². The van der Waals surface area contributed by atoms with Crippen molar-refractivity contribution in [1.29, 1.82) is 0 Å². The highest BCUT2D eigenvalue weighted by Gasteiger charge is 2.40. The molecule has 31 heavy (non-hydrogen) atoms. The second-order valence-corrected chi connectivity index (χ2v) is 11.1. The predicted molar refractivity (Wildman–Crippen MR) is 116 cm³/mol. The van der Waals surface area contributed by atoms with Crippen molar-refractivity contribution in [2.75, 3.05) is 19.6 Å². The van der Waals surface area contributed by atoms with E-state index in [-0.39, 0.29) is 35.5 Å². The Bertz CT molecular complexity index is 954. The molecule has 2 atom stereocenters. The molecular weight excluding hydrogens is 418 g/mol. The minimum absolute atomic E-state index is 0.0208. The minimum Gasteiger partial charge on any atom is -0.339 e. The van der Waals surface area contributed by atoms with Crippen molar-refractivity contribution in [1.82, 2.24) is 9.21 Å². The Labute approximate surface area is 183 Å². The summed E-state index contributed by atoms with van der Waals surface area (Å²) in [5.74, 6) is 0.683. The number of nitro benzene ring substituents is 1. The third-order valence-electron chi connectivity index (χ3n) is 7.33. The van der Waals surface area contributed by atoms with Crippen LogP contribution in [0.2, 0.25) is 0 Å². The van der Waals surface area contributed by atoms with Crippen LogP contribution in [0.15, 0.2) is 23.1 Å². The monoisotopic (exact) mass is 449 g/mol. The highest BCUT2D eigenvalue weighted by atomic mass is 32.2. The van der Waals surface area contributed by atoms with Gasteiger partial charge in [0, 0.05) is 43.7 Å². The molecule has 1 aliphatic carbocycles. The van der Waals surface area contributed by atoms with Crippen LogP contribution in [-0.4, -0.2) is 54.1 Å². The first-order valence-corrected chi connectivity index (χ1v) is 12.8. The summed E-state index contributed by atoms with van der Waals surface area (Å²) in [4.78, 5) is 25.9. The van der Waals surface area contributed by atoms with Gasteiger partial charge in [0.2, 0.25) is 15.9 Å². The van der Waals surface area contributed by atoms with Crippen LogP contribution in [0.4, 0.5) is 5.69 Å². The number of likely N-dealkylation sites (tertiary alicyclic amines) is 1. The highest BCUT2D eigenvalue weighted by molar-refractivity contribution is 7.89. The molecule has 8 nitrogen and oxygen atoms in total. The minimum atomic E-state index is -3.84. The van der Waals surface area contributed by atoms with Gasteiger partial charge in [0.05, 0.1) is 9.82 Å². The van der Waals surface area contributed by atoms with Crippen molar-refractivity contribution in [2.24, 2.45) is 11.8 Å². The Hall–Kier alpha value is -2.00. The standard InChI is InChI=1S/C22H31N3O5S/c1-16-8-9-19(25(27)28)15-21(16)31(29,30)23-13-10-18(11-14-23)22(26)24-12-4-6-17-5-2-3-7-20(17)24/h8-9,15,17-18,20H,2-7,10-14H2,1H3/t17-,20-/m1/s1. The quantitative estimate of drug-likeness (QED) is 0.517. The van der Waals surface area contributed by atoms with E-state index in [4.69, 9.17) is 0 Å². The van der Waals surface area contributed by atoms with Gasteiger partial charge in [-0.2, -0.15) is 4.31 Å². The lowest BCUT2D eigenvalue weighted by Gasteiger charge is -2.46. The number of nitrogens with zero attached hydrogens (tertiary/aromatic N) is 3. The summed E-state index contributed by atoms with van der Waals surface area (Å²) in [6.07, 6.45) is 8.03. The number of aryl methyl sites for hydroxylation is 1. The molecule has 0 radical (unpaired) electrons. The Morgan fingerprint density at radius 2 is 1.71 bits per heavy atom. The number of rotatable bonds is 4. The van der Waals surface area contributed by atoms with Crippen molar-refractivity contribution in [3.05, 3.63) is 33.9 Å². The van der Waals surface area contributed by atoms with Gasteiger partial charge in [0.15, 0.2) is 0 Å². The molecule has 0 spiro atoms. The molecule has 3 aliphatic rings. The maximum Gasteiger partial charge on any atom is 0.270 e. The van der Waals surface area contributed by atoms with Crippen molar-refractivity contribution >= 4 is 21.6 Å². The zero-order valence-corrected chi connectivity index (χ0v) is 18.8. The Morgan fingerprint density at radius 3 is 2.42 bits per heavy atom. The van der Waals surface area contributed by atoms with Crippen LogP contribution in [0.25, 0.3) is 0 Å². The van der Waals surface area contributed by atoms with Gasteiger partial charge in [-0.15, -0.1) is 0 Å². The Balaban J connectivity index is 1.44. The number of sulfonamides is 1. The fraction of sp³-hybridized carbons (Fsp3) is 0.682. The van der Waals surface area contributed by atoms with Crippen molar-refractivity contribution in [3.8, 4) is 0 Å². The summed E-state index contributed by atoms with van der Waals surface area (Å²) >= 11 is 0. The Morgan fingerprint density at radius 1 is 1.03 bits per heavy atom. The molecule has 9 heteroatoms. The van der Waals surface area contributed by atoms with Crippen LogP contribution < -0.4 is 0 Å². The van der Waals surface area contributed by atoms with Gasteiger partial charge in [0.25, 0.3) is 5.69 Å². The molecule has 3 fully saturated rings. The van der Waals surface area contributed by atoms with Crippen molar-refractivity contribution in [3.63, 3.8) is 0 Å². The van der Waals surface area contributed by atoms with Crippen LogP contribution in [0, 0.1) is 28.9 Å². The number of amides is 1. The first kappa shape index (κ1) is 22.2. The molecule has 170 valence electrons. The van der Waals surface area contributed by atoms with E-state index in [0.29, 0.717) is 30.4 Å². The highest BCUT2D eigenvalue weighted by Crippen LogP contribution is 2.37. The summed E-state index contributed by atoms with van der Waals surface area (Å²) < 4.78 is 27.7. The van der Waals surface area contributed by atoms with E-state index >= 15 is 0 Å². The van der Waals surface area contributed by atoms with Crippen LogP contribution in [0.5, 0.6) is 0 Å². The summed E-state index contributed by atoms with van der Waals surface area (Å²) in [7, 11) is -3.84. The average molecular weight is 450 g/mol. The van der Waals surface area contributed by atoms with E-state index in [1.807, 2.05) is 0 Å². The van der Waals surface area contributed by atoms with E-state index in [1.54, 1.807) is 6.92 Å². The summed E-state index contributed by atoms with van der Waals surface area (Å²) in [5, 5.41) is 11.1. The zero-order chi connectivity index (χ0) is 22.2. The van der Waals surface area contributed by atoms with Gasteiger partial charge in [-0.1, -0.05) is 18.9 Å². The number of benzene rings is 1. The number of fused-ring (bicyclic) bond motifs is 1. The number of hydrogen-bond acceptors (Lipinski definition) is 5. The van der Waals surface area contributed by atoms with E-state index in [9.17, 15) is 23.3 Å². The molecule has 0 aromatic heterocycles. The second kappa shape index (κ2) is 8.86. The smallest absolute Gasteiger partial charge is 0.270 e. The molecule has 2 aliphatic heterocycles. The number of carbonyl (C=O) groups is 1. The summed E-state index contributed by atoms with van der Waals surface area (Å²) in [6.45, 7) is 3.00. The van der Waals surface area contributed by atoms with Crippen LogP contribution in [0.1, 0.15) is 56.9 Å². The molecule has 1 amide bonds. The lowest BCUT2D eigenvalue weighted by molar-refractivity contribution is -0.385. The molecule has 4 rings (SSSR count). The first-order chi connectivity index (χ1) is 14.8. The average Bonchev–Trinajstić information content (AvgIpc) is 2.78. The van der Waals surface area contributed by atoms with Crippen molar-refractivity contribution < 1.29 is 18.1 Å². The molecule has 0 N–H and O–H groups in total. The predicted octanol–water partition coefficient (Wildman–Crippen LogP) is 3.49. The fourth-order valence-corrected chi connectivity index (χ4v) is 7.31. The number of piperidine rings is 2. The topological polar surface area (TPSA) is 101 Å². The van der Waals surface area contributed by atoms with E-state index < -0.39 is 14.9 Å². The third-order valence-corrected chi connectivity index (χ3v) is 9.37. The largest absolute Gasteiger partial charge is 0.339 e. The van der Waals surface area contributed by atoms with Gasteiger partial charge in [-0.05, 0) is 56.9 Å². The van der Waals surface area contributed by atoms with Gasteiger partial charge in [-0.3, -0.25) is 14.9 Å². The van der Waals surface area contributed by atoms with Crippen molar-refractivity contribution in [2.45, 2.75) is 69.2 Å². The SMILES string of the molecule is Cc1ccc([N+](=O)[O-])cc1S(=O)(=O)N1CCC(C(=O)N2CCC[C@H]3CCCC[C@H]32)CC1. The lowest BCUT2D eigenvalue weighted by atomic mass is 9.77. The molecule has 0 bridgehead atoms. The van der Waals surface area contributed by atoms with E-state index in [2.05, 4.69) is 4.90 Å². The molecular formula is C22H31N3O5S. The maximum absolute atomic E-state index is 13.3. The van der Waals surface area contributed by atoms with Gasteiger partial charge < -0.3 is 4.90 Å². The molecule has 1 saturated carbocycles. The lowest BCUT2D eigenvalue weighted by Crippen LogP contribution is -2.53. The third kappa shape index (κ3) is 4.35. The Kier molecular flexibility index (Phi) is 6.35. The molecule has 1 aromatic rings. The fourth-order valence-electron chi connectivity index (χ4n) is 5.60. The molecule has 1 aromatic carbocycles. The van der Waals surface area contributed by atoms with Gasteiger partial charge in [0.1, 0.15) is 0 Å². The van der Waals surface area contributed by atoms with Crippen LogP contribution in [-0.2, 0) is 14.8 Å². The molecule has 2 heterocycles. The van der Waals surface area contributed by atoms with Crippen LogP contribution >= 0.6 is 0 Å². The molecule has 2 saturated heterocycles. The zero-order valence-electron chi connectivity index (χ0n) is 18.0. The summed E-state index contributed by atoms with van der Waals surface area (Å²) in [6, 6.07) is 4.29. The van der Waals surface area contributed by atoms with E-state index in [1.165, 1.54) is 42.1 Å². The molecule has 0 unspecified atom stereocenters. The van der Waals surface area contributed by atoms with Gasteiger partial charge in [-0.25, -0.2) is 8.42 Å². The summed E-state index contributed by atoms with van der Waals surface area (Å²) in [5.41, 5.74) is 0.252. The normalized spacial score (nSPS) is 25.8. The number of carbonyl (C=O) groups excluding carboxylic acids is 1. The van der Waals surface area contributed by atoms with E-state index in [0.717, 1.165) is 25.5 Å². The number of non-ortho nitro benzene ring substituents is 1. The first-order valence-electron chi connectivity index (χ1n) is 11.3. The maximum atomic E-state index is 13.3. The number of nitro groups is 1. The number of hydrogen-bond donors (Lipinski definition) is 0. The second-order valence-electron chi connectivity index (χ2n) is 9.17.